The Hall–Kier alpha value is -1.39. The Morgan fingerprint density at radius 1 is 1.18 bits per heavy atom. The standard InChI is InChI=1S/C18H28O4/c1-12(2)18(14(4)17(20)10-13(3)19)22-11-15-6-8-16(21-5)9-7-15/h6-9,12,14,17-18,20H,10-11H2,1-5H3/t14-,17-,18-/m0/s1. The molecule has 0 unspecified atom stereocenters. The molecule has 22 heavy (non-hydrogen) atoms. The van der Waals surface area contributed by atoms with E-state index in [1.165, 1.54) is 6.92 Å². The second-order valence-electron chi connectivity index (χ2n) is 6.20. The first-order chi connectivity index (χ1) is 10.3. The van der Waals surface area contributed by atoms with Crippen molar-refractivity contribution in [3.63, 3.8) is 0 Å². The smallest absolute Gasteiger partial charge is 0.132 e. The van der Waals surface area contributed by atoms with Crippen molar-refractivity contribution in [2.75, 3.05) is 7.11 Å². The molecule has 1 aromatic carbocycles. The SMILES string of the molecule is COc1ccc(CO[C@@H](C(C)C)[C@@H](C)[C@@H](O)CC(C)=O)cc1. The molecule has 1 aromatic rings. The van der Waals surface area contributed by atoms with Crippen LogP contribution in [0.1, 0.15) is 39.7 Å². The fraction of sp³-hybridized carbons (Fsp3) is 0.611. The number of hydrogen-bond acceptors (Lipinski definition) is 4. The molecule has 0 radical (unpaired) electrons. The molecule has 0 saturated heterocycles. The zero-order valence-corrected chi connectivity index (χ0v) is 14.2. The molecule has 0 aliphatic heterocycles. The molecule has 4 nitrogen and oxygen atoms in total. The number of hydrogen-bond donors (Lipinski definition) is 1. The maximum atomic E-state index is 11.2. The lowest BCUT2D eigenvalue weighted by Crippen LogP contribution is -2.36. The molecule has 0 bridgehead atoms. The number of aliphatic hydroxyl groups is 1. The van der Waals surface area contributed by atoms with Crippen molar-refractivity contribution in [3.05, 3.63) is 29.8 Å². The van der Waals surface area contributed by atoms with Gasteiger partial charge in [-0.05, 0) is 30.5 Å². The molecule has 0 aliphatic carbocycles. The van der Waals surface area contributed by atoms with Crippen LogP contribution in [0.5, 0.6) is 5.75 Å². The largest absolute Gasteiger partial charge is 0.497 e. The highest BCUT2D eigenvalue weighted by atomic mass is 16.5. The summed E-state index contributed by atoms with van der Waals surface area (Å²) in [6, 6.07) is 7.73. The van der Waals surface area contributed by atoms with E-state index in [9.17, 15) is 9.90 Å². The molecule has 0 fully saturated rings. The molecule has 0 saturated carbocycles. The Morgan fingerprint density at radius 3 is 2.23 bits per heavy atom. The number of benzene rings is 1. The summed E-state index contributed by atoms with van der Waals surface area (Å²) in [6.45, 7) is 8.04. The maximum Gasteiger partial charge on any atom is 0.132 e. The molecule has 1 N–H and O–H groups in total. The van der Waals surface area contributed by atoms with Crippen molar-refractivity contribution >= 4 is 5.78 Å². The highest BCUT2D eigenvalue weighted by Gasteiger charge is 2.28. The Kier molecular flexibility index (Phi) is 7.56. The van der Waals surface area contributed by atoms with E-state index in [2.05, 4.69) is 13.8 Å². The van der Waals surface area contributed by atoms with Gasteiger partial charge in [0.1, 0.15) is 11.5 Å². The van der Waals surface area contributed by atoms with Gasteiger partial charge >= 0.3 is 0 Å². The molecule has 3 atom stereocenters. The van der Waals surface area contributed by atoms with Gasteiger partial charge in [-0.2, -0.15) is 0 Å². The number of carbonyl (C=O) groups excluding carboxylic acids is 1. The van der Waals surface area contributed by atoms with Crippen LogP contribution in [-0.4, -0.2) is 30.2 Å². The van der Waals surface area contributed by atoms with Crippen molar-refractivity contribution in [3.8, 4) is 5.75 Å². The van der Waals surface area contributed by atoms with Crippen molar-refractivity contribution in [2.24, 2.45) is 11.8 Å². The van der Waals surface area contributed by atoms with Crippen LogP contribution in [0, 0.1) is 11.8 Å². The summed E-state index contributed by atoms with van der Waals surface area (Å²) < 4.78 is 11.1. The normalized spacial score (nSPS) is 15.4. The molecule has 0 amide bonds. The van der Waals surface area contributed by atoms with E-state index in [1.807, 2.05) is 31.2 Å². The number of methoxy groups -OCH3 is 1. The zero-order valence-electron chi connectivity index (χ0n) is 14.2. The lowest BCUT2D eigenvalue weighted by atomic mass is 9.88. The molecule has 124 valence electrons. The summed E-state index contributed by atoms with van der Waals surface area (Å²) in [5, 5.41) is 10.2. The van der Waals surface area contributed by atoms with Gasteiger partial charge in [0.15, 0.2) is 0 Å². The minimum atomic E-state index is -0.666. The lowest BCUT2D eigenvalue weighted by molar-refractivity contribution is -0.121. The van der Waals surface area contributed by atoms with Crippen LogP contribution >= 0.6 is 0 Å². The van der Waals surface area contributed by atoms with Crippen LogP contribution in [0.2, 0.25) is 0 Å². The number of aliphatic hydroxyl groups excluding tert-OH is 1. The molecule has 0 heterocycles. The Bertz CT molecular complexity index is 453. The van der Waals surface area contributed by atoms with Gasteiger partial charge in [-0.1, -0.05) is 32.9 Å². The van der Waals surface area contributed by atoms with E-state index in [0.717, 1.165) is 11.3 Å². The van der Waals surface area contributed by atoms with Gasteiger partial charge in [-0.3, -0.25) is 4.79 Å². The van der Waals surface area contributed by atoms with Crippen LogP contribution < -0.4 is 4.74 Å². The van der Waals surface area contributed by atoms with E-state index in [4.69, 9.17) is 9.47 Å². The molecular formula is C18H28O4. The predicted octanol–water partition coefficient (Wildman–Crippen LogP) is 3.21. The van der Waals surface area contributed by atoms with Gasteiger partial charge < -0.3 is 14.6 Å². The average molecular weight is 308 g/mol. The summed E-state index contributed by atoms with van der Waals surface area (Å²) in [5.74, 6) is 0.975. The fourth-order valence-electron chi connectivity index (χ4n) is 2.56. The summed E-state index contributed by atoms with van der Waals surface area (Å²) in [5.41, 5.74) is 1.06. The molecule has 0 spiro atoms. The van der Waals surface area contributed by atoms with Gasteiger partial charge in [0.25, 0.3) is 0 Å². The van der Waals surface area contributed by atoms with Crippen molar-refractivity contribution < 1.29 is 19.4 Å². The third-order valence-corrected chi connectivity index (χ3v) is 3.88. The van der Waals surface area contributed by atoms with Crippen LogP contribution in [-0.2, 0) is 16.1 Å². The third kappa shape index (κ3) is 5.78. The summed E-state index contributed by atoms with van der Waals surface area (Å²) in [6.07, 6.45) is -0.590. The lowest BCUT2D eigenvalue weighted by Gasteiger charge is -2.30. The monoisotopic (exact) mass is 308 g/mol. The quantitative estimate of drug-likeness (QED) is 0.761. The Morgan fingerprint density at radius 2 is 1.77 bits per heavy atom. The summed E-state index contributed by atoms with van der Waals surface area (Å²) in [4.78, 5) is 11.2. The number of Topliss-reactive ketones (excluding diaryl/α,β-unsaturated/α-hetero) is 1. The molecule has 1 rings (SSSR count). The minimum absolute atomic E-state index is 0.00277. The maximum absolute atomic E-state index is 11.2. The molecule has 0 aromatic heterocycles. The second kappa shape index (κ2) is 8.91. The van der Waals surface area contributed by atoms with Gasteiger partial charge in [0, 0.05) is 12.3 Å². The van der Waals surface area contributed by atoms with Crippen LogP contribution in [0.3, 0.4) is 0 Å². The molecule has 4 heteroatoms. The van der Waals surface area contributed by atoms with Gasteiger partial charge in [0.05, 0.1) is 25.9 Å². The predicted molar refractivity (Wildman–Crippen MR) is 86.9 cm³/mol. The third-order valence-electron chi connectivity index (χ3n) is 3.88. The number of ketones is 1. The first kappa shape index (κ1) is 18.7. The van der Waals surface area contributed by atoms with Crippen molar-refractivity contribution in [2.45, 2.75) is 52.9 Å². The van der Waals surface area contributed by atoms with E-state index >= 15 is 0 Å². The molecular weight excluding hydrogens is 280 g/mol. The van der Waals surface area contributed by atoms with Crippen LogP contribution in [0.15, 0.2) is 24.3 Å². The van der Waals surface area contributed by atoms with Gasteiger partial charge in [0.2, 0.25) is 0 Å². The Balaban J connectivity index is 2.64. The molecule has 0 aliphatic rings. The zero-order chi connectivity index (χ0) is 16.7. The minimum Gasteiger partial charge on any atom is -0.497 e. The van der Waals surface area contributed by atoms with Gasteiger partial charge in [-0.25, -0.2) is 0 Å². The highest BCUT2D eigenvalue weighted by molar-refractivity contribution is 5.75. The highest BCUT2D eigenvalue weighted by Crippen LogP contribution is 2.23. The van der Waals surface area contributed by atoms with Crippen LogP contribution in [0.4, 0.5) is 0 Å². The van der Waals surface area contributed by atoms with Crippen molar-refractivity contribution in [1.82, 2.24) is 0 Å². The second-order valence-corrected chi connectivity index (χ2v) is 6.20. The number of rotatable bonds is 9. The Labute approximate surface area is 133 Å². The summed E-state index contributed by atoms with van der Waals surface area (Å²) >= 11 is 0. The topological polar surface area (TPSA) is 55.8 Å². The summed E-state index contributed by atoms with van der Waals surface area (Å²) in [7, 11) is 1.64. The average Bonchev–Trinajstić information content (AvgIpc) is 2.46. The van der Waals surface area contributed by atoms with Crippen molar-refractivity contribution in [1.29, 1.82) is 0 Å². The van der Waals surface area contributed by atoms with E-state index < -0.39 is 6.10 Å². The first-order valence-corrected chi connectivity index (χ1v) is 7.77. The number of carbonyl (C=O) groups is 1. The van der Waals surface area contributed by atoms with E-state index in [0.29, 0.717) is 6.61 Å². The fourth-order valence-corrected chi connectivity index (χ4v) is 2.56. The van der Waals surface area contributed by atoms with E-state index in [-0.39, 0.29) is 30.1 Å². The van der Waals surface area contributed by atoms with E-state index in [1.54, 1.807) is 7.11 Å². The van der Waals surface area contributed by atoms with Crippen LogP contribution in [0.25, 0.3) is 0 Å². The first-order valence-electron chi connectivity index (χ1n) is 7.77. The number of ether oxygens (including phenoxy) is 2. The van der Waals surface area contributed by atoms with Gasteiger partial charge in [-0.15, -0.1) is 0 Å².